The Labute approximate surface area is 62.8 Å². The maximum Gasteiger partial charge on any atom is 0.139 e. The highest BCUT2D eigenvalue weighted by molar-refractivity contribution is 5.62. The second-order valence-corrected chi connectivity index (χ2v) is 3.08. The van der Waals surface area contributed by atoms with Crippen molar-refractivity contribution < 1.29 is 4.79 Å². The Morgan fingerprint density at radius 2 is 2.10 bits per heavy atom. The van der Waals surface area contributed by atoms with Crippen molar-refractivity contribution in [1.29, 1.82) is 0 Å². The normalized spacial score (nSPS) is 16.3. The molecule has 0 fully saturated rings. The van der Waals surface area contributed by atoms with E-state index in [9.17, 15) is 4.79 Å². The van der Waals surface area contributed by atoms with Gasteiger partial charge in [0.1, 0.15) is 6.29 Å². The predicted octanol–water partition coefficient (Wildman–Crippen LogP) is 1.48. The quantitative estimate of drug-likeness (QED) is 0.468. The van der Waals surface area contributed by atoms with Crippen molar-refractivity contribution in [3.05, 3.63) is 0 Å². The molecule has 0 rings (SSSR count). The summed E-state index contributed by atoms with van der Waals surface area (Å²) in [5.41, 5.74) is 5.00. The molecule has 0 radical (unpaired) electrons. The number of nitrogens with two attached hydrogens (primary N) is 1. The lowest BCUT2D eigenvalue weighted by Gasteiger charge is -2.15. The summed E-state index contributed by atoms with van der Waals surface area (Å²) in [5.74, 6) is 0. The van der Waals surface area contributed by atoms with E-state index in [-0.39, 0.29) is 0 Å². The van der Waals surface area contributed by atoms with E-state index in [2.05, 4.69) is 6.92 Å². The Balaban J connectivity index is 3.37. The van der Waals surface area contributed by atoms with Crippen LogP contribution in [0.2, 0.25) is 0 Å². The molecule has 0 saturated heterocycles. The minimum Gasteiger partial charge on any atom is -0.319 e. The van der Waals surface area contributed by atoms with Crippen LogP contribution in [0.5, 0.6) is 0 Å². The van der Waals surface area contributed by atoms with Crippen LogP contribution >= 0.6 is 0 Å². The molecule has 0 saturated carbocycles. The largest absolute Gasteiger partial charge is 0.319 e. The molecule has 10 heavy (non-hydrogen) atoms. The predicted molar refractivity (Wildman–Crippen MR) is 42.8 cm³/mol. The van der Waals surface area contributed by atoms with Gasteiger partial charge in [-0.2, -0.15) is 0 Å². The summed E-state index contributed by atoms with van der Waals surface area (Å²) in [6.07, 6.45) is 5.05. The second-order valence-electron chi connectivity index (χ2n) is 3.08. The molecular weight excluding hydrogens is 126 g/mol. The van der Waals surface area contributed by atoms with E-state index >= 15 is 0 Å². The number of carbonyl (C=O) groups excluding carboxylic acids is 1. The molecular formula is C8H17NO. The molecule has 1 atom stereocenters. The van der Waals surface area contributed by atoms with Gasteiger partial charge in [-0.15, -0.1) is 0 Å². The fourth-order valence-electron chi connectivity index (χ4n) is 0.815. The number of unbranched alkanes of at least 4 members (excludes halogenated alkanes) is 2. The van der Waals surface area contributed by atoms with Crippen LogP contribution in [0.3, 0.4) is 0 Å². The van der Waals surface area contributed by atoms with Crippen molar-refractivity contribution in [3.63, 3.8) is 0 Å². The summed E-state index contributed by atoms with van der Waals surface area (Å²) in [6.45, 7) is 3.91. The number of rotatable bonds is 5. The Morgan fingerprint density at radius 1 is 1.50 bits per heavy atom. The molecule has 0 aliphatic carbocycles. The first-order chi connectivity index (χ1) is 4.62. The van der Waals surface area contributed by atoms with Gasteiger partial charge in [-0.3, -0.25) is 0 Å². The van der Waals surface area contributed by atoms with Gasteiger partial charge in [-0.1, -0.05) is 26.2 Å². The van der Waals surface area contributed by atoms with E-state index in [1.165, 1.54) is 12.8 Å². The van der Waals surface area contributed by atoms with E-state index in [0.717, 1.165) is 19.1 Å². The molecule has 2 nitrogen and oxygen atoms in total. The van der Waals surface area contributed by atoms with Gasteiger partial charge in [0.05, 0.1) is 5.54 Å². The van der Waals surface area contributed by atoms with Gasteiger partial charge in [-0.05, 0) is 13.3 Å². The molecule has 0 amide bonds. The number of hydrogen-bond donors (Lipinski definition) is 1. The van der Waals surface area contributed by atoms with Gasteiger partial charge in [0.25, 0.3) is 0 Å². The summed E-state index contributed by atoms with van der Waals surface area (Å²) in [4.78, 5) is 10.3. The van der Waals surface area contributed by atoms with Gasteiger partial charge < -0.3 is 10.5 Å². The highest BCUT2D eigenvalue weighted by atomic mass is 16.1. The topological polar surface area (TPSA) is 43.1 Å². The molecule has 0 bridgehead atoms. The van der Waals surface area contributed by atoms with Gasteiger partial charge >= 0.3 is 0 Å². The molecule has 2 N–H and O–H groups in total. The highest BCUT2D eigenvalue weighted by Crippen LogP contribution is 2.08. The van der Waals surface area contributed by atoms with Crippen LogP contribution in [-0.4, -0.2) is 11.8 Å². The van der Waals surface area contributed by atoms with Crippen LogP contribution in [0.1, 0.15) is 39.5 Å². The first-order valence-electron chi connectivity index (χ1n) is 3.87. The Hall–Kier alpha value is -0.370. The molecule has 0 aromatic carbocycles. The van der Waals surface area contributed by atoms with Crippen molar-refractivity contribution in [3.8, 4) is 0 Å². The minimum absolute atomic E-state index is 0.588. The third-order valence-electron chi connectivity index (χ3n) is 1.59. The van der Waals surface area contributed by atoms with Crippen LogP contribution in [0.15, 0.2) is 0 Å². The van der Waals surface area contributed by atoms with Crippen molar-refractivity contribution in [2.75, 3.05) is 0 Å². The zero-order valence-electron chi connectivity index (χ0n) is 6.89. The molecule has 0 aromatic rings. The molecule has 0 aromatic heterocycles. The van der Waals surface area contributed by atoms with E-state index in [1.54, 1.807) is 6.92 Å². The van der Waals surface area contributed by atoms with Crippen molar-refractivity contribution in [1.82, 2.24) is 0 Å². The summed E-state index contributed by atoms with van der Waals surface area (Å²) in [6, 6.07) is 0. The summed E-state index contributed by atoms with van der Waals surface area (Å²) >= 11 is 0. The third-order valence-corrected chi connectivity index (χ3v) is 1.59. The maximum atomic E-state index is 10.3. The van der Waals surface area contributed by atoms with Crippen LogP contribution < -0.4 is 5.73 Å². The number of aldehydes is 1. The Morgan fingerprint density at radius 3 is 2.50 bits per heavy atom. The van der Waals surface area contributed by atoms with Crippen molar-refractivity contribution in [2.24, 2.45) is 5.73 Å². The van der Waals surface area contributed by atoms with Gasteiger partial charge in [0, 0.05) is 0 Å². The Bertz CT molecular complexity index is 99.4. The van der Waals surface area contributed by atoms with E-state index in [0.29, 0.717) is 0 Å². The minimum atomic E-state index is -0.588. The van der Waals surface area contributed by atoms with Crippen molar-refractivity contribution in [2.45, 2.75) is 45.1 Å². The van der Waals surface area contributed by atoms with Crippen LogP contribution in [0.25, 0.3) is 0 Å². The first-order valence-corrected chi connectivity index (χ1v) is 3.87. The zero-order valence-corrected chi connectivity index (χ0v) is 6.89. The molecule has 60 valence electrons. The zero-order chi connectivity index (χ0) is 8.04. The molecule has 1 unspecified atom stereocenters. The van der Waals surface area contributed by atoms with E-state index in [4.69, 9.17) is 5.73 Å². The second kappa shape index (κ2) is 4.45. The molecule has 0 heterocycles. The van der Waals surface area contributed by atoms with Crippen LogP contribution in [-0.2, 0) is 4.79 Å². The van der Waals surface area contributed by atoms with Crippen LogP contribution in [0, 0.1) is 0 Å². The Kier molecular flexibility index (Phi) is 4.28. The third kappa shape index (κ3) is 4.50. The fraction of sp³-hybridized carbons (Fsp3) is 0.875. The summed E-state index contributed by atoms with van der Waals surface area (Å²) in [5, 5.41) is 0. The maximum absolute atomic E-state index is 10.3. The number of carbonyl (C=O) groups is 1. The lowest BCUT2D eigenvalue weighted by molar-refractivity contribution is -0.112. The summed E-state index contributed by atoms with van der Waals surface area (Å²) < 4.78 is 0. The van der Waals surface area contributed by atoms with Crippen molar-refractivity contribution >= 4 is 6.29 Å². The van der Waals surface area contributed by atoms with E-state index < -0.39 is 5.54 Å². The standard InChI is InChI=1S/C8H17NO/c1-3-4-5-6-8(2,9)7-10/h7H,3-6,9H2,1-2H3. The lowest BCUT2D eigenvalue weighted by atomic mass is 9.98. The van der Waals surface area contributed by atoms with Gasteiger partial charge in [0.2, 0.25) is 0 Å². The molecule has 0 aliphatic rings. The van der Waals surface area contributed by atoms with Crippen LogP contribution in [0.4, 0.5) is 0 Å². The smallest absolute Gasteiger partial charge is 0.139 e. The van der Waals surface area contributed by atoms with E-state index in [1.807, 2.05) is 0 Å². The molecule has 0 spiro atoms. The molecule has 0 aliphatic heterocycles. The van der Waals surface area contributed by atoms with Gasteiger partial charge in [-0.25, -0.2) is 0 Å². The summed E-state index contributed by atoms with van der Waals surface area (Å²) in [7, 11) is 0. The monoisotopic (exact) mass is 143 g/mol. The first kappa shape index (κ1) is 9.63. The lowest BCUT2D eigenvalue weighted by Crippen LogP contribution is -2.37. The average Bonchev–Trinajstić information content (AvgIpc) is 1.89. The molecule has 2 heteroatoms. The average molecular weight is 143 g/mol. The SMILES string of the molecule is CCCCCC(C)(N)C=O. The fourth-order valence-corrected chi connectivity index (χ4v) is 0.815. The van der Waals surface area contributed by atoms with Gasteiger partial charge in [0.15, 0.2) is 0 Å². The highest BCUT2D eigenvalue weighted by Gasteiger charge is 2.15. The number of hydrogen-bond acceptors (Lipinski definition) is 2.